The van der Waals surface area contributed by atoms with Gasteiger partial charge < -0.3 is 4.57 Å². The highest BCUT2D eigenvalue weighted by Gasteiger charge is 2.15. The first-order chi connectivity index (χ1) is 18.1. The van der Waals surface area contributed by atoms with Crippen molar-refractivity contribution in [1.29, 1.82) is 0 Å². The summed E-state index contributed by atoms with van der Waals surface area (Å²) in [6, 6.07) is 33.8. The molecule has 2 aromatic heterocycles. The smallest absolute Gasteiger partial charge is 0.282 e. The minimum absolute atomic E-state index is 0.197. The first kappa shape index (κ1) is 23.1. The molecule has 0 radical (unpaired) electrons. The maximum Gasteiger partial charge on any atom is 0.282 e. The van der Waals surface area contributed by atoms with Gasteiger partial charge in [0, 0.05) is 38.7 Å². The van der Waals surface area contributed by atoms with E-state index in [1.54, 1.807) is 12.3 Å². The van der Waals surface area contributed by atoms with E-state index in [2.05, 4.69) is 63.8 Å². The Kier molecular flexibility index (Phi) is 6.02. The first-order valence-corrected chi connectivity index (χ1v) is 12.8. The predicted molar refractivity (Wildman–Crippen MR) is 154 cm³/mol. The summed E-state index contributed by atoms with van der Waals surface area (Å²) in [6.07, 6.45) is 1.79. The van der Waals surface area contributed by atoms with Crippen LogP contribution < -0.4 is 5.56 Å². The van der Waals surface area contributed by atoms with E-state index in [9.17, 15) is 4.79 Å². The molecule has 0 saturated heterocycles. The molecule has 6 aromatic rings. The standard InChI is InChI=1S/C31H23BrN4O/c1-21-27(25-11-6-8-14-29(25)35(21)20-22-15-17-24(32)18-16-22)19-33-36-30(23-9-3-2-4-10-23)34-28-13-7-5-12-26(28)31(36)37/h2-19H,20H2,1H3. The Morgan fingerprint density at radius 2 is 1.51 bits per heavy atom. The quantitative estimate of drug-likeness (QED) is 0.218. The van der Waals surface area contributed by atoms with E-state index < -0.39 is 0 Å². The lowest BCUT2D eigenvalue weighted by molar-refractivity contribution is 0.802. The summed E-state index contributed by atoms with van der Waals surface area (Å²) < 4.78 is 4.76. The second-order valence-corrected chi connectivity index (χ2v) is 9.82. The summed E-state index contributed by atoms with van der Waals surface area (Å²) in [5.74, 6) is 0.511. The fraction of sp³-hybridized carbons (Fsp3) is 0.0645. The van der Waals surface area contributed by atoms with Gasteiger partial charge in [-0.15, -0.1) is 0 Å². The van der Waals surface area contributed by atoms with Gasteiger partial charge in [-0.2, -0.15) is 9.78 Å². The summed E-state index contributed by atoms with van der Waals surface area (Å²) in [5.41, 5.74) is 5.67. The Morgan fingerprint density at radius 3 is 2.30 bits per heavy atom. The van der Waals surface area contributed by atoms with Gasteiger partial charge in [0.25, 0.3) is 5.56 Å². The zero-order chi connectivity index (χ0) is 25.4. The molecule has 37 heavy (non-hydrogen) atoms. The highest BCUT2D eigenvalue weighted by atomic mass is 79.9. The fourth-order valence-corrected chi connectivity index (χ4v) is 4.98. The molecule has 0 aliphatic heterocycles. The van der Waals surface area contributed by atoms with Gasteiger partial charge in [-0.25, -0.2) is 4.98 Å². The molecule has 180 valence electrons. The van der Waals surface area contributed by atoms with E-state index in [4.69, 9.17) is 10.1 Å². The molecule has 0 unspecified atom stereocenters. The van der Waals surface area contributed by atoms with Crippen molar-refractivity contribution in [1.82, 2.24) is 14.2 Å². The number of para-hydroxylation sites is 2. The third-order valence-corrected chi connectivity index (χ3v) is 7.15. The van der Waals surface area contributed by atoms with Crippen LogP contribution in [0, 0.1) is 6.92 Å². The maximum absolute atomic E-state index is 13.6. The molecule has 0 N–H and O–H groups in total. The lowest BCUT2D eigenvalue weighted by atomic mass is 10.1. The molecule has 4 aromatic carbocycles. The molecule has 6 heteroatoms. The molecule has 6 rings (SSSR count). The van der Waals surface area contributed by atoms with Crippen molar-refractivity contribution in [2.24, 2.45) is 5.10 Å². The van der Waals surface area contributed by atoms with Crippen LogP contribution in [0.25, 0.3) is 33.2 Å². The molecule has 0 spiro atoms. The Bertz CT molecular complexity index is 1830. The zero-order valence-electron chi connectivity index (χ0n) is 20.2. The van der Waals surface area contributed by atoms with Gasteiger partial charge >= 0.3 is 0 Å². The largest absolute Gasteiger partial charge is 0.340 e. The number of halogens is 1. The monoisotopic (exact) mass is 546 g/mol. The fourth-order valence-electron chi connectivity index (χ4n) is 4.72. The summed E-state index contributed by atoms with van der Waals surface area (Å²) in [6.45, 7) is 2.83. The van der Waals surface area contributed by atoms with Gasteiger partial charge in [0.1, 0.15) is 0 Å². The minimum Gasteiger partial charge on any atom is -0.340 e. The van der Waals surface area contributed by atoms with Crippen molar-refractivity contribution in [3.63, 3.8) is 0 Å². The van der Waals surface area contributed by atoms with E-state index >= 15 is 0 Å². The van der Waals surface area contributed by atoms with Crippen LogP contribution >= 0.6 is 15.9 Å². The third-order valence-electron chi connectivity index (χ3n) is 6.62. The summed E-state index contributed by atoms with van der Waals surface area (Å²) >= 11 is 3.52. The second kappa shape index (κ2) is 9.64. The number of aromatic nitrogens is 3. The SMILES string of the molecule is Cc1c(C=Nn2c(-c3ccccc3)nc3ccccc3c2=O)c2ccccc2n1Cc1ccc(Br)cc1. The van der Waals surface area contributed by atoms with Crippen molar-refractivity contribution >= 4 is 44.0 Å². The van der Waals surface area contributed by atoms with Crippen LogP contribution in [-0.2, 0) is 6.54 Å². The topological polar surface area (TPSA) is 52.2 Å². The minimum atomic E-state index is -0.197. The van der Waals surface area contributed by atoms with Crippen molar-refractivity contribution in [2.75, 3.05) is 0 Å². The van der Waals surface area contributed by atoms with Crippen molar-refractivity contribution < 1.29 is 0 Å². The Labute approximate surface area is 222 Å². The number of hydrogen-bond donors (Lipinski definition) is 0. The molecule has 0 aliphatic rings. The van der Waals surface area contributed by atoms with Crippen LogP contribution in [0.5, 0.6) is 0 Å². The molecule has 5 nitrogen and oxygen atoms in total. The second-order valence-electron chi connectivity index (χ2n) is 8.91. The van der Waals surface area contributed by atoms with Crippen LogP contribution in [0.4, 0.5) is 0 Å². The number of nitrogens with zero attached hydrogens (tertiary/aromatic N) is 4. The van der Waals surface area contributed by atoms with Gasteiger partial charge in [-0.05, 0) is 42.8 Å². The molecule has 0 bridgehead atoms. The number of fused-ring (bicyclic) bond motifs is 2. The van der Waals surface area contributed by atoms with Crippen LogP contribution in [-0.4, -0.2) is 20.4 Å². The first-order valence-electron chi connectivity index (χ1n) is 12.0. The molecule has 0 saturated carbocycles. The van der Waals surface area contributed by atoms with Crippen molar-refractivity contribution in [3.8, 4) is 11.4 Å². The van der Waals surface area contributed by atoms with Gasteiger partial charge in [-0.1, -0.05) is 88.7 Å². The third kappa shape index (κ3) is 4.30. The number of hydrogen-bond acceptors (Lipinski definition) is 3. The van der Waals surface area contributed by atoms with Gasteiger partial charge in [-0.3, -0.25) is 4.79 Å². The van der Waals surface area contributed by atoms with Crippen LogP contribution in [0.1, 0.15) is 16.8 Å². The molecule has 0 amide bonds. The summed E-state index contributed by atoms with van der Waals surface area (Å²) in [4.78, 5) is 18.4. The summed E-state index contributed by atoms with van der Waals surface area (Å²) in [7, 11) is 0. The number of rotatable bonds is 5. The number of benzene rings is 4. The molecule has 0 aliphatic carbocycles. The molecule has 2 heterocycles. The lowest BCUT2D eigenvalue weighted by Crippen LogP contribution is -2.20. The zero-order valence-corrected chi connectivity index (χ0v) is 21.8. The normalized spacial score (nSPS) is 11.6. The van der Waals surface area contributed by atoms with E-state index in [1.165, 1.54) is 10.2 Å². The van der Waals surface area contributed by atoms with Gasteiger partial charge in [0.05, 0.1) is 17.1 Å². The molecule has 0 atom stereocenters. The van der Waals surface area contributed by atoms with E-state index in [1.807, 2.05) is 60.7 Å². The van der Waals surface area contributed by atoms with Crippen LogP contribution in [0.15, 0.2) is 117 Å². The summed E-state index contributed by atoms with van der Waals surface area (Å²) in [5, 5.41) is 6.37. The Morgan fingerprint density at radius 1 is 0.838 bits per heavy atom. The Balaban J connectivity index is 1.51. The van der Waals surface area contributed by atoms with Crippen molar-refractivity contribution in [2.45, 2.75) is 13.5 Å². The van der Waals surface area contributed by atoms with E-state index in [-0.39, 0.29) is 5.56 Å². The molecular weight excluding hydrogens is 524 g/mol. The van der Waals surface area contributed by atoms with Gasteiger partial charge in [0.2, 0.25) is 0 Å². The average molecular weight is 547 g/mol. The van der Waals surface area contributed by atoms with Crippen LogP contribution in [0.2, 0.25) is 0 Å². The Hall–Kier alpha value is -4.29. The predicted octanol–water partition coefficient (Wildman–Crippen LogP) is 7.02. The van der Waals surface area contributed by atoms with Crippen LogP contribution in [0.3, 0.4) is 0 Å². The molecule has 0 fully saturated rings. The highest BCUT2D eigenvalue weighted by molar-refractivity contribution is 9.10. The van der Waals surface area contributed by atoms with Crippen molar-refractivity contribution in [3.05, 3.63) is 135 Å². The van der Waals surface area contributed by atoms with Gasteiger partial charge in [0.15, 0.2) is 5.82 Å². The lowest BCUT2D eigenvalue weighted by Gasteiger charge is -2.10. The van der Waals surface area contributed by atoms with E-state index in [0.717, 1.165) is 38.7 Å². The maximum atomic E-state index is 13.6. The average Bonchev–Trinajstić information content (AvgIpc) is 3.20. The molecular formula is C31H23BrN4O. The highest BCUT2D eigenvalue weighted by Crippen LogP contribution is 2.26. The van der Waals surface area contributed by atoms with E-state index in [0.29, 0.717) is 16.7 Å².